The van der Waals surface area contributed by atoms with E-state index < -0.39 is 0 Å². The van der Waals surface area contributed by atoms with Gasteiger partial charge in [-0.05, 0) is 16.4 Å². The van der Waals surface area contributed by atoms with Crippen LogP contribution in [-0.2, 0) is 35.1 Å². The standard InChI is InChI=1S/C23H17.C21H25.C13H10.Zr/c1-4-10-18(11-5-1)21-16-17-22(19-12-6-2-7-13-19)23(21)20-14-8-3-9-15-20;1-20(2,3)16-7-9-18-14(12-16)11-15-13-17(21(4,5)6)8-10-19(15)18;1-3-7-12(8-4-1)11-13-9-5-2-6-10-13;/h1-15H,16H2;7-13H,1-6H3;1-10H;/q2*-1;;+2. The van der Waals surface area contributed by atoms with Crippen LogP contribution >= 0.6 is 0 Å². The monoisotopic (exact) mass is 826 g/mol. The summed E-state index contributed by atoms with van der Waals surface area (Å²) in [7, 11) is 0. The molecular formula is C57H52Zr. The Morgan fingerprint density at radius 3 is 1.26 bits per heavy atom. The van der Waals surface area contributed by atoms with E-state index in [1.807, 2.05) is 0 Å². The molecule has 1 aliphatic carbocycles. The first-order valence-electron chi connectivity index (χ1n) is 20.3. The van der Waals surface area contributed by atoms with Crippen LogP contribution in [0.15, 0.2) is 194 Å². The molecule has 8 aromatic rings. The van der Waals surface area contributed by atoms with E-state index in [4.69, 9.17) is 0 Å². The van der Waals surface area contributed by atoms with Crippen molar-refractivity contribution >= 4 is 41.5 Å². The van der Waals surface area contributed by atoms with E-state index in [9.17, 15) is 0 Å². The number of allylic oxidation sites excluding steroid dienone is 4. The first-order valence-corrected chi connectivity index (χ1v) is 21.5. The van der Waals surface area contributed by atoms with Crippen LogP contribution in [0.2, 0.25) is 0 Å². The van der Waals surface area contributed by atoms with Gasteiger partial charge < -0.3 is 0 Å². The summed E-state index contributed by atoms with van der Waals surface area (Å²) in [4.78, 5) is 0. The second-order valence-corrected chi connectivity index (χ2v) is 18.3. The molecular weight excluding hydrogens is 776 g/mol. The number of fused-ring (bicyclic) bond motifs is 3. The molecule has 1 heteroatoms. The Hall–Kier alpha value is -5.36. The van der Waals surface area contributed by atoms with Crippen LogP contribution in [0.5, 0.6) is 0 Å². The third kappa shape index (κ3) is 9.66. The van der Waals surface area contributed by atoms with E-state index in [0.29, 0.717) is 0 Å². The molecule has 0 saturated heterocycles. The number of rotatable bonds is 5. The molecule has 0 radical (unpaired) electrons. The molecule has 0 heterocycles. The van der Waals surface area contributed by atoms with Crippen molar-refractivity contribution in [3.8, 4) is 0 Å². The van der Waals surface area contributed by atoms with Gasteiger partial charge in [-0.25, -0.2) is 0 Å². The average Bonchev–Trinajstić information content (AvgIpc) is 3.87. The molecule has 0 unspecified atom stereocenters. The Morgan fingerprint density at radius 2 is 0.845 bits per heavy atom. The molecule has 0 atom stereocenters. The van der Waals surface area contributed by atoms with Gasteiger partial charge in [0, 0.05) is 0 Å². The average molecular weight is 828 g/mol. The molecule has 8 aromatic carbocycles. The van der Waals surface area contributed by atoms with E-state index in [-0.39, 0.29) is 10.8 Å². The quantitative estimate of drug-likeness (QED) is 0.152. The SMILES string of the molecule is CC(C)(C)c1ccc2c(c1)[cH-]c1cc(C(C)(C)C)ccc12.[C-]1=C(c2ccccc2)C(c2ccccc2)=C(c2ccccc2)C1.[Zr+2]=[C](c1ccccc1)c1ccccc1. The van der Waals surface area contributed by atoms with Gasteiger partial charge in [0.05, 0.1) is 0 Å². The molecule has 0 spiro atoms. The third-order valence-electron chi connectivity index (χ3n) is 10.8. The van der Waals surface area contributed by atoms with Crippen molar-refractivity contribution < 1.29 is 24.2 Å². The van der Waals surface area contributed by atoms with E-state index in [1.54, 1.807) is 0 Å². The topological polar surface area (TPSA) is 0 Å². The summed E-state index contributed by atoms with van der Waals surface area (Å²) in [5.74, 6) is 0. The minimum absolute atomic E-state index is 0.203. The molecule has 0 aliphatic heterocycles. The van der Waals surface area contributed by atoms with Crippen molar-refractivity contribution in [2.75, 3.05) is 0 Å². The van der Waals surface area contributed by atoms with Crippen molar-refractivity contribution in [2.45, 2.75) is 58.8 Å². The van der Waals surface area contributed by atoms with Crippen molar-refractivity contribution in [1.29, 1.82) is 0 Å². The van der Waals surface area contributed by atoms with Gasteiger partial charge in [-0.15, -0.1) is 63.0 Å². The Bertz CT molecular complexity index is 2550. The summed E-state index contributed by atoms with van der Waals surface area (Å²) in [5.41, 5.74) is 13.5. The Labute approximate surface area is 361 Å². The van der Waals surface area contributed by atoms with E-state index >= 15 is 0 Å². The predicted octanol–water partition coefficient (Wildman–Crippen LogP) is 15.0. The fourth-order valence-corrected chi connectivity index (χ4v) is 8.32. The summed E-state index contributed by atoms with van der Waals surface area (Å²) in [6, 6.07) is 69.1. The number of hydrogen-bond donors (Lipinski definition) is 0. The van der Waals surface area contributed by atoms with Gasteiger partial charge in [0.25, 0.3) is 0 Å². The Kier molecular flexibility index (Phi) is 12.7. The molecule has 284 valence electrons. The third-order valence-corrected chi connectivity index (χ3v) is 12.2. The summed E-state index contributed by atoms with van der Waals surface area (Å²) in [6.07, 6.45) is 4.47. The summed E-state index contributed by atoms with van der Waals surface area (Å²) < 4.78 is 1.42. The van der Waals surface area contributed by atoms with Crippen LogP contribution in [0, 0.1) is 6.08 Å². The fraction of sp³-hybridized carbons (Fsp3) is 0.158. The summed E-state index contributed by atoms with van der Waals surface area (Å²) in [5, 5.41) is 5.48. The maximum absolute atomic E-state index is 3.61. The minimum atomic E-state index is 0.203. The second-order valence-electron chi connectivity index (χ2n) is 17.0. The fourth-order valence-electron chi connectivity index (χ4n) is 7.50. The molecule has 0 fully saturated rings. The normalized spacial score (nSPS) is 12.7. The Balaban J connectivity index is 0.000000136. The van der Waals surface area contributed by atoms with Crippen molar-refractivity contribution in [3.05, 3.63) is 239 Å². The van der Waals surface area contributed by atoms with Crippen LogP contribution < -0.4 is 0 Å². The van der Waals surface area contributed by atoms with E-state index in [0.717, 1.165) is 6.42 Å². The van der Waals surface area contributed by atoms with Crippen LogP contribution in [-0.4, -0.2) is 3.21 Å². The maximum atomic E-state index is 3.61. The van der Waals surface area contributed by atoms with Gasteiger partial charge in [-0.2, -0.15) is 11.6 Å². The zero-order valence-corrected chi connectivity index (χ0v) is 37.1. The van der Waals surface area contributed by atoms with Crippen molar-refractivity contribution in [2.24, 2.45) is 0 Å². The Morgan fingerprint density at radius 1 is 0.466 bits per heavy atom. The van der Waals surface area contributed by atoms with Gasteiger partial charge in [0.15, 0.2) is 0 Å². The first kappa shape index (κ1) is 40.8. The van der Waals surface area contributed by atoms with Gasteiger partial charge in [0.1, 0.15) is 0 Å². The van der Waals surface area contributed by atoms with Gasteiger partial charge in [-0.3, -0.25) is 0 Å². The molecule has 0 saturated carbocycles. The number of hydrogen-bond acceptors (Lipinski definition) is 0. The van der Waals surface area contributed by atoms with E-state index in [1.165, 1.54) is 105 Å². The van der Waals surface area contributed by atoms with Crippen molar-refractivity contribution in [3.63, 3.8) is 0 Å². The molecule has 0 N–H and O–H groups in total. The zero-order valence-electron chi connectivity index (χ0n) is 34.7. The first-order chi connectivity index (χ1) is 28.0. The predicted molar refractivity (Wildman–Crippen MR) is 248 cm³/mol. The second kappa shape index (κ2) is 18.1. The molecule has 0 nitrogen and oxygen atoms in total. The van der Waals surface area contributed by atoms with Crippen LogP contribution in [0.3, 0.4) is 0 Å². The molecule has 9 rings (SSSR count). The van der Waals surface area contributed by atoms with Gasteiger partial charge >= 0.3 is 99.2 Å². The summed E-state index contributed by atoms with van der Waals surface area (Å²) in [6.45, 7) is 13.6. The van der Waals surface area contributed by atoms with Crippen LogP contribution in [0.25, 0.3) is 38.3 Å². The van der Waals surface area contributed by atoms with Crippen LogP contribution in [0.1, 0.15) is 86.9 Å². The molecule has 0 bridgehead atoms. The zero-order chi connectivity index (χ0) is 40.7. The summed E-state index contributed by atoms with van der Waals surface area (Å²) >= 11 is 1.46. The van der Waals surface area contributed by atoms with Gasteiger partial charge in [0.2, 0.25) is 0 Å². The molecule has 58 heavy (non-hydrogen) atoms. The molecule has 1 aliphatic rings. The van der Waals surface area contributed by atoms with Gasteiger partial charge in [-0.1, -0.05) is 173 Å². The van der Waals surface area contributed by atoms with E-state index in [2.05, 4.69) is 242 Å². The van der Waals surface area contributed by atoms with Crippen LogP contribution in [0.4, 0.5) is 0 Å². The molecule has 0 amide bonds. The number of benzene rings is 7. The molecule has 0 aromatic heterocycles. The van der Waals surface area contributed by atoms with Crippen molar-refractivity contribution in [1.82, 2.24) is 0 Å².